The molecule has 0 aliphatic carbocycles. The van der Waals surface area contributed by atoms with Gasteiger partial charge in [0.1, 0.15) is 5.82 Å². The Morgan fingerprint density at radius 2 is 2.13 bits per heavy atom. The fourth-order valence-corrected chi connectivity index (χ4v) is 2.14. The second-order valence-corrected chi connectivity index (χ2v) is 4.84. The zero-order valence-corrected chi connectivity index (χ0v) is 11.4. The molecular formula is C11H16BrClN2. The summed E-state index contributed by atoms with van der Waals surface area (Å²) in [5.41, 5.74) is 0. The number of pyridine rings is 1. The third-order valence-electron chi connectivity index (χ3n) is 2.52. The van der Waals surface area contributed by atoms with Crippen LogP contribution in [0, 0.1) is 5.92 Å². The molecule has 0 aromatic carbocycles. The molecule has 0 saturated carbocycles. The highest BCUT2D eigenvalue weighted by atomic mass is 79.9. The van der Waals surface area contributed by atoms with E-state index in [1.807, 2.05) is 6.07 Å². The zero-order chi connectivity index (χ0) is 11.3. The van der Waals surface area contributed by atoms with Crippen molar-refractivity contribution in [2.45, 2.75) is 26.7 Å². The largest absolute Gasteiger partial charge is 0.369 e. The van der Waals surface area contributed by atoms with E-state index in [1.54, 1.807) is 6.20 Å². The normalized spacial score (nSPS) is 10.7. The molecule has 0 fully saturated rings. The first kappa shape index (κ1) is 12.8. The van der Waals surface area contributed by atoms with Gasteiger partial charge in [0.25, 0.3) is 0 Å². The van der Waals surface area contributed by atoms with E-state index in [2.05, 4.69) is 40.1 Å². The molecule has 4 heteroatoms. The van der Waals surface area contributed by atoms with Gasteiger partial charge in [0.15, 0.2) is 0 Å². The van der Waals surface area contributed by atoms with Gasteiger partial charge in [0.05, 0.1) is 9.50 Å². The summed E-state index contributed by atoms with van der Waals surface area (Å²) in [7, 11) is 0. The fraction of sp³-hybridized carbons (Fsp3) is 0.545. The summed E-state index contributed by atoms with van der Waals surface area (Å²) in [4.78, 5) is 4.23. The quantitative estimate of drug-likeness (QED) is 0.872. The van der Waals surface area contributed by atoms with Crippen molar-refractivity contribution in [2.24, 2.45) is 5.92 Å². The van der Waals surface area contributed by atoms with Crippen LogP contribution in [0.25, 0.3) is 0 Å². The fourth-order valence-electron chi connectivity index (χ4n) is 1.36. The van der Waals surface area contributed by atoms with E-state index < -0.39 is 0 Å². The van der Waals surface area contributed by atoms with Crippen LogP contribution < -0.4 is 5.32 Å². The van der Waals surface area contributed by atoms with E-state index in [1.165, 1.54) is 12.8 Å². The Hall–Kier alpha value is -0.280. The molecule has 1 N–H and O–H groups in total. The van der Waals surface area contributed by atoms with Gasteiger partial charge in [-0.15, -0.1) is 0 Å². The summed E-state index contributed by atoms with van der Waals surface area (Å²) in [6, 6.07) is 1.85. The summed E-state index contributed by atoms with van der Waals surface area (Å²) < 4.78 is 0.918. The van der Waals surface area contributed by atoms with Gasteiger partial charge < -0.3 is 5.32 Å². The molecule has 15 heavy (non-hydrogen) atoms. The Morgan fingerprint density at radius 1 is 1.47 bits per heavy atom. The summed E-state index contributed by atoms with van der Waals surface area (Å²) in [6.45, 7) is 5.38. The Bertz CT molecular complexity index is 313. The molecule has 1 aromatic rings. The second kappa shape index (κ2) is 6.33. The van der Waals surface area contributed by atoms with Crippen LogP contribution in [0.15, 0.2) is 16.7 Å². The monoisotopic (exact) mass is 290 g/mol. The third kappa shape index (κ3) is 3.99. The predicted molar refractivity (Wildman–Crippen MR) is 69.5 cm³/mol. The first-order valence-corrected chi connectivity index (χ1v) is 6.39. The minimum Gasteiger partial charge on any atom is -0.369 e. The van der Waals surface area contributed by atoms with Crippen molar-refractivity contribution in [3.8, 4) is 0 Å². The lowest BCUT2D eigenvalue weighted by molar-refractivity contribution is 0.518. The zero-order valence-electron chi connectivity index (χ0n) is 9.06. The molecular weight excluding hydrogens is 275 g/mol. The van der Waals surface area contributed by atoms with Gasteiger partial charge in [-0.05, 0) is 27.9 Å². The molecule has 0 amide bonds. The van der Waals surface area contributed by atoms with Crippen LogP contribution >= 0.6 is 27.5 Å². The molecule has 0 atom stereocenters. The molecule has 0 aliphatic rings. The van der Waals surface area contributed by atoms with Crippen molar-refractivity contribution in [3.05, 3.63) is 21.8 Å². The van der Waals surface area contributed by atoms with Crippen LogP contribution in [0.1, 0.15) is 26.7 Å². The molecule has 0 aliphatic heterocycles. The van der Waals surface area contributed by atoms with Gasteiger partial charge in [0.2, 0.25) is 0 Å². The lowest BCUT2D eigenvalue weighted by Gasteiger charge is -2.14. The van der Waals surface area contributed by atoms with Crippen LogP contribution in [0.4, 0.5) is 5.82 Å². The topological polar surface area (TPSA) is 24.9 Å². The number of halogens is 2. The lowest BCUT2D eigenvalue weighted by Crippen LogP contribution is -2.13. The summed E-state index contributed by atoms with van der Waals surface area (Å²) in [5, 5.41) is 3.97. The van der Waals surface area contributed by atoms with E-state index in [0.29, 0.717) is 10.9 Å². The Labute approximate surface area is 105 Å². The number of hydrogen-bond acceptors (Lipinski definition) is 2. The molecule has 1 heterocycles. The molecule has 1 aromatic heterocycles. The maximum Gasteiger partial charge on any atom is 0.140 e. The van der Waals surface area contributed by atoms with Crippen molar-refractivity contribution in [1.29, 1.82) is 0 Å². The predicted octanol–water partition coefficient (Wildman–Crippen LogP) is 4.35. The van der Waals surface area contributed by atoms with Gasteiger partial charge in [0, 0.05) is 12.7 Å². The van der Waals surface area contributed by atoms with E-state index in [0.717, 1.165) is 16.8 Å². The first-order chi connectivity index (χ1) is 7.17. The minimum absolute atomic E-state index is 0.648. The number of rotatable bonds is 5. The van der Waals surface area contributed by atoms with Gasteiger partial charge in [-0.25, -0.2) is 4.98 Å². The van der Waals surface area contributed by atoms with Crippen LogP contribution in [0.2, 0.25) is 5.02 Å². The number of anilines is 1. The van der Waals surface area contributed by atoms with Gasteiger partial charge in [-0.2, -0.15) is 0 Å². The lowest BCUT2D eigenvalue weighted by atomic mass is 10.0. The van der Waals surface area contributed by atoms with E-state index in [-0.39, 0.29) is 0 Å². The molecule has 0 unspecified atom stereocenters. The molecule has 0 spiro atoms. The van der Waals surface area contributed by atoms with Gasteiger partial charge in [-0.3, -0.25) is 0 Å². The van der Waals surface area contributed by atoms with Crippen molar-refractivity contribution in [1.82, 2.24) is 4.98 Å². The second-order valence-electron chi connectivity index (χ2n) is 3.55. The van der Waals surface area contributed by atoms with Gasteiger partial charge >= 0.3 is 0 Å². The van der Waals surface area contributed by atoms with E-state index in [9.17, 15) is 0 Å². The molecule has 0 radical (unpaired) electrons. The number of nitrogens with one attached hydrogen (secondary N) is 1. The van der Waals surface area contributed by atoms with Crippen molar-refractivity contribution < 1.29 is 0 Å². The highest BCUT2D eigenvalue weighted by Crippen LogP contribution is 2.23. The van der Waals surface area contributed by atoms with E-state index >= 15 is 0 Å². The number of hydrogen-bond donors (Lipinski definition) is 1. The Morgan fingerprint density at radius 3 is 2.67 bits per heavy atom. The maximum atomic E-state index is 5.81. The molecule has 0 saturated heterocycles. The summed E-state index contributed by atoms with van der Waals surface area (Å²) >= 11 is 9.25. The molecule has 84 valence electrons. The van der Waals surface area contributed by atoms with Crippen LogP contribution in [-0.2, 0) is 0 Å². The summed E-state index contributed by atoms with van der Waals surface area (Å²) in [6.07, 6.45) is 4.03. The Kier molecular flexibility index (Phi) is 5.40. The van der Waals surface area contributed by atoms with Gasteiger partial charge in [-0.1, -0.05) is 38.3 Å². The maximum absolute atomic E-state index is 5.81. The highest BCUT2D eigenvalue weighted by Gasteiger charge is 2.06. The van der Waals surface area contributed by atoms with Crippen LogP contribution in [0.3, 0.4) is 0 Å². The third-order valence-corrected chi connectivity index (χ3v) is 3.33. The number of nitrogens with zero attached hydrogens (tertiary/aromatic N) is 1. The number of aromatic nitrogens is 1. The summed E-state index contributed by atoms with van der Waals surface area (Å²) in [5.74, 6) is 1.57. The van der Waals surface area contributed by atoms with Crippen LogP contribution in [-0.4, -0.2) is 11.5 Å². The standard InChI is InChI=1S/C11H16BrClN2/c1-3-8(4-2)6-14-11-10(12)5-9(13)7-15-11/h5,7-8H,3-4,6H2,1-2H3,(H,14,15). The van der Waals surface area contributed by atoms with Crippen molar-refractivity contribution >= 4 is 33.3 Å². The molecule has 0 bridgehead atoms. The van der Waals surface area contributed by atoms with E-state index in [4.69, 9.17) is 11.6 Å². The Balaban J connectivity index is 2.57. The average molecular weight is 292 g/mol. The highest BCUT2D eigenvalue weighted by molar-refractivity contribution is 9.10. The smallest absolute Gasteiger partial charge is 0.140 e. The van der Waals surface area contributed by atoms with Crippen molar-refractivity contribution in [2.75, 3.05) is 11.9 Å². The van der Waals surface area contributed by atoms with Crippen LogP contribution in [0.5, 0.6) is 0 Å². The SMILES string of the molecule is CCC(CC)CNc1ncc(Cl)cc1Br. The minimum atomic E-state index is 0.648. The first-order valence-electron chi connectivity index (χ1n) is 5.22. The molecule has 2 nitrogen and oxygen atoms in total. The average Bonchev–Trinajstić information content (AvgIpc) is 2.22. The van der Waals surface area contributed by atoms with Crippen molar-refractivity contribution in [3.63, 3.8) is 0 Å². The molecule has 1 rings (SSSR count).